The first-order valence-electron chi connectivity index (χ1n) is 8.82. The second-order valence-corrected chi connectivity index (χ2v) is 7.88. The summed E-state index contributed by atoms with van der Waals surface area (Å²) in [6.07, 6.45) is 1.29. The summed E-state index contributed by atoms with van der Waals surface area (Å²) in [5.74, 6) is 0.332. The zero-order chi connectivity index (χ0) is 17.9. The van der Waals surface area contributed by atoms with E-state index in [1.54, 1.807) is 0 Å². The van der Waals surface area contributed by atoms with Gasteiger partial charge < -0.3 is 9.80 Å². The molecular formula is C20H30N2O2. The van der Waals surface area contributed by atoms with Crippen molar-refractivity contribution < 1.29 is 9.59 Å². The monoisotopic (exact) mass is 330 g/mol. The Kier molecular flexibility index (Phi) is 5.68. The molecular weight excluding hydrogens is 300 g/mol. The molecule has 0 aromatic heterocycles. The van der Waals surface area contributed by atoms with Crippen LogP contribution in [0, 0.1) is 19.3 Å². The second kappa shape index (κ2) is 7.37. The fourth-order valence-corrected chi connectivity index (χ4v) is 3.16. The summed E-state index contributed by atoms with van der Waals surface area (Å²) < 4.78 is 0. The number of benzene rings is 1. The maximum absolute atomic E-state index is 12.7. The molecule has 24 heavy (non-hydrogen) atoms. The summed E-state index contributed by atoms with van der Waals surface area (Å²) in [7, 11) is 0. The van der Waals surface area contributed by atoms with E-state index in [9.17, 15) is 9.59 Å². The maximum atomic E-state index is 12.7. The molecule has 2 amide bonds. The van der Waals surface area contributed by atoms with Crippen LogP contribution in [0.25, 0.3) is 0 Å². The predicted octanol–water partition coefficient (Wildman–Crippen LogP) is 2.95. The number of carbonyl (C=O) groups is 2. The Hall–Kier alpha value is -1.84. The van der Waals surface area contributed by atoms with Crippen molar-refractivity contribution in [3.05, 3.63) is 34.9 Å². The third kappa shape index (κ3) is 4.59. The van der Waals surface area contributed by atoms with E-state index in [2.05, 4.69) is 32.0 Å². The standard InChI is InChI=1S/C20H30N2O2/c1-15-7-8-17(16(2)13-15)14-18(23)21-9-6-10-22(12-11-21)19(24)20(3,4)5/h7-8,13H,6,9-12,14H2,1-5H3. The lowest BCUT2D eigenvalue weighted by Gasteiger charge is -2.28. The third-order valence-corrected chi connectivity index (χ3v) is 4.62. The van der Waals surface area contributed by atoms with Crippen molar-refractivity contribution in [1.29, 1.82) is 0 Å². The van der Waals surface area contributed by atoms with E-state index in [0.717, 1.165) is 25.1 Å². The summed E-state index contributed by atoms with van der Waals surface area (Å²) in [6, 6.07) is 6.23. The van der Waals surface area contributed by atoms with Crippen LogP contribution >= 0.6 is 0 Å². The van der Waals surface area contributed by atoms with E-state index in [1.807, 2.05) is 30.6 Å². The smallest absolute Gasteiger partial charge is 0.228 e. The Bertz CT molecular complexity index is 617. The topological polar surface area (TPSA) is 40.6 Å². The summed E-state index contributed by atoms with van der Waals surface area (Å²) in [5, 5.41) is 0. The molecule has 0 unspecified atom stereocenters. The van der Waals surface area contributed by atoms with E-state index in [0.29, 0.717) is 19.5 Å². The first-order chi connectivity index (χ1) is 11.2. The van der Waals surface area contributed by atoms with Crippen molar-refractivity contribution in [2.75, 3.05) is 26.2 Å². The number of aryl methyl sites for hydroxylation is 2. The molecule has 0 bridgehead atoms. The van der Waals surface area contributed by atoms with Gasteiger partial charge in [-0.25, -0.2) is 0 Å². The van der Waals surface area contributed by atoms with E-state index in [1.165, 1.54) is 11.1 Å². The van der Waals surface area contributed by atoms with Gasteiger partial charge in [0.25, 0.3) is 0 Å². The van der Waals surface area contributed by atoms with Crippen molar-refractivity contribution in [2.24, 2.45) is 5.41 Å². The Morgan fingerprint density at radius 1 is 1.00 bits per heavy atom. The van der Waals surface area contributed by atoms with Crippen LogP contribution in [-0.4, -0.2) is 47.8 Å². The van der Waals surface area contributed by atoms with Crippen LogP contribution < -0.4 is 0 Å². The summed E-state index contributed by atoms with van der Waals surface area (Å²) in [5.41, 5.74) is 3.12. The highest BCUT2D eigenvalue weighted by molar-refractivity contribution is 5.82. The number of nitrogens with zero attached hydrogens (tertiary/aromatic N) is 2. The number of rotatable bonds is 2. The first kappa shape index (κ1) is 18.5. The summed E-state index contributed by atoms with van der Waals surface area (Å²) in [4.78, 5) is 28.9. The minimum atomic E-state index is -0.363. The number of hydrogen-bond donors (Lipinski definition) is 0. The molecule has 0 saturated carbocycles. The molecule has 1 aromatic carbocycles. The summed E-state index contributed by atoms with van der Waals surface area (Å²) >= 11 is 0. The molecule has 4 nitrogen and oxygen atoms in total. The van der Waals surface area contributed by atoms with Crippen LogP contribution in [0.1, 0.15) is 43.9 Å². The highest BCUT2D eigenvalue weighted by atomic mass is 16.2. The lowest BCUT2D eigenvalue weighted by Crippen LogP contribution is -2.42. The molecule has 0 N–H and O–H groups in total. The van der Waals surface area contributed by atoms with Gasteiger partial charge in [0.2, 0.25) is 11.8 Å². The number of amides is 2. The third-order valence-electron chi connectivity index (χ3n) is 4.62. The average Bonchev–Trinajstić information content (AvgIpc) is 2.74. The van der Waals surface area contributed by atoms with E-state index in [4.69, 9.17) is 0 Å². The average molecular weight is 330 g/mol. The Morgan fingerprint density at radius 3 is 2.25 bits per heavy atom. The molecule has 1 saturated heterocycles. The van der Waals surface area contributed by atoms with Crippen LogP contribution in [0.5, 0.6) is 0 Å². The van der Waals surface area contributed by atoms with Crippen molar-refractivity contribution in [1.82, 2.24) is 9.80 Å². The normalized spacial score (nSPS) is 16.0. The fraction of sp³-hybridized carbons (Fsp3) is 0.600. The van der Waals surface area contributed by atoms with Crippen molar-refractivity contribution in [3.63, 3.8) is 0 Å². The van der Waals surface area contributed by atoms with Crippen molar-refractivity contribution in [3.8, 4) is 0 Å². The Balaban J connectivity index is 1.98. The van der Waals surface area contributed by atoms with Crippen molar-refractivity contribution in [2.45, 2.75) is 47.5 Å². The molecule has 0 spiro atoms. The van der Waals surface area contributed by atoms with E-state index < -0.39 is 0 Å². The maximum Gasteiger partial charge on any atom is 0.228 e. The zero-order valence-corrected chi connectivity index (χ0v) is 15.7. The van der Waals surface area contributed by atoms with Gasteiger partial charge in [-0.15, -0.1) is 0 Å². The van der Waals surface area contributed by atoms with Gasteiger partial charge in [0, 0.05) is 31.6 Å². The molecule has 1 aliphatic rings. The Labute approximate surface area is 145 Å². The molecule has 4 heteroatoms. The molecule has 132 valence electrons. The fourth-order valence-electron chi connectivity index (χ4n) is 3.16. The van der Waals surface area contributed by atoms with Crippen LogP contribution in [-0.2, 0) is 16.0 Å². The van der Waals surface area contributed by atoms with Gasteiger partial charge >= 0.3 is 0 Å². The van der Waals surface area contributed by atoms with Crippen molar-refractivity contribution >= 4 is 11.8 Å². The lowest BCUT2D eigenvalue weighted by atomic mass is 9.94. The molecule has 0 aliphatic carbocycles. The molecule has 0 radical (unpaired) electrons. The molecule has 0 atom stereocenters. The molecule has 1 aromatic rings. The molecule has 1 heterocycles. The SMILES string of the molecule is Cc1ccc(CC(=O)N2CCCN(C(=O)C(C)(C)C)CC2)c(C)c1. The number of carbonyl (C=O) groups excluding carboxylic acids is 2. The van der Waals surface area contributed by atoms with Crippen LogP contribution in [0.2, 0.25) is 0 Å². The molecule has 2 rings (SSSR count). The zero-order valence-electron chi connectivity index (χ0n) is 15.7. The minimum Gasteiger partial charge on any atom is -0.341 e. The molecule has 1 aliphatic heterocycles. The van der Waals surface area contributed by atoms with E-state index in [-0.39, 0.29) is 17.2 Å². The lowest BCUT2D eigenvalue weighted by molar-refractivity contribution is -0.139. The van der Waals surface area contributed by atoms with Gasteiger partial charge in [-0.2, -0.15) is 0 Å². The second-order valence-electron chi connectivity index (χ2n) is 7.88. The van der Waals surface area contributed by atoms with Gasteiger partial charge in [0.05, 0.1) is 6.42 Å². The van der Waals surface area contributed by atoms with Gasteiger partial charge in [-0.1, -0.05) is 44.5 Å². The highest BCUT2D eigenvalue weighted by Gasteiger charge is 2.29. The van der Waals surface area contributed by atoms with Crippen LogP contribution in [0.3, 0.4) is 0 Å². The number of hydrogen-bond acceptors (Lipinski definition) is 2. The van der Waals surface area contributed by atoms with E-state index >= 15 is 0 Å². The van der Waals surface area contributed by atoms with Gasteiger partial charge in [-0.05, 0) is 31.4 Å². The highest BCUT2D eigenvalue weighted by Crippen LogP contribution is 2.19. The largest absolute Gasteiger partial charge is 0.341 e. The van der Waals surface area contributed by atoms with Crippen LogP contribution in [0.4, 0.5) is 0 Å². The summed E-state index contributed by atoms with van der Waals surface area (Å²) in [6.45, 7) is 12.7. The predicted molar refractivity (Wildman–Crippen MR) is 96.9 cm³/mol. The Morgan fingerprint density at radius 2 is 1.62 bits per heavy atom. The van der Waals surface area contributed by atoms with Crippen LogP contribution in [0.15, 0.2) is 18.2 Å². The molecule has 1 fully saturated rings. The van der Waals surface area contributed by atoms with Gasteiger partial charge in [0.15, 0.2) is 0 Å². The minimum absolute atomic E-state index is 0.159. The quantitative estimate of drug-likeness (QED) is 0.836. The van der Waals surface area contributed by atoms with Gasteiger partial charge in [0.1, 0.15) is 0 Å². The van der Waals surface area contributed by atoms with Gasteiger partial charge in [-0.3, -0.25) is 9.59 Å². The first-order valence-corrected chi connectivity index (χ1v) is 8.82.